The first kappa shape index (κ1) is 10.7. The lowest BCUT2D eigenvalue weighted by Gasteiger charge is -2.08. The second-order valence-corrected chi connectivity index (χ2v) is 4.10. The molecule has 3 rings (SSSR count). The monoisotopic (exact) mass is 237 g/mol. The minimum atomic E-state index is -0.511. The molecule has 0 aliphatic rings. The van der Waals surface area contributed by atoms with Crippen LogP contribution in [-0.2, 0) is 4.84 Å². The van der Waals surface area contributed by atoms with Gasteiger partial charge in [-0.1, -0.05) is 48.5 Å². The molecule has 0 heterocycles. The van der Waals surface area contributed by atoms with Crippen molar-refractivity contribution in [2.45, 2.75) is 0 Å². The third-order valence-corrected chi connectivity index (χ3v) is 3.08. The maximum Gasteiger partial charge on any atom is 0.357 e. The average molecular weight is 237 g/mol. The fraction of sp³-hybridized carbons (Fsp3) is 0. The Kier molecular flexibility index (Phi) is 2.46. The standard InChI is InChI=1S/C15H11NO2/c16-18-15(17)14-12-7-3-1-5-10(12)9-11-6-2-4-8-13(11)14/h1-9H,16H2. The van der Waals surface area contributed by atoms with Gasteiger partial charge in [0.1, 0.15) is 0 Å². The minimum absolute atomic E-state index is 0.511. The van der Waals surface area contributed by atoms with Crippen LogP contribution in [0.15, 0.2) is 54.6 Å². The van der Waals surface area contributed by atoms with E-state index in [4.69, 9.17) is 5.90 Å². The molecule has 2 N–H and O–H groups in total. The minimum Gasteiger partial charge on any atom is -0.370 e. The van der Waals surface area contributed by atoms with E-state index in [0.717, 1.165) is 21.5 Å². The second-order valence-electron chi connectivity index (χ2n) is 4.10. The van der Waals surface area contributed by atoms with Crippen molar-refractivity contribution >= 4 is 27.5 Å². The van der Waals surface area contributed by atoms with Gasteiger partial charge in [0.05, 0.1) is 5.56 Å². The zero-order chi connectivity index (χ0) is 12.5. The number of carbonyl (C=O) groups excluding carboxylic acids is 1. The van der Waals surface area contributed by atoms with E-state index in [2.05, 4.69) is 10.9 Å². The largest absolute Gasteiger partial charge is 0.370 e. The van der Waals surface area contributed by atoms with Crippen molar-refractivity contribution in [3.63, 3.8) is 0 Å². The van der Waals surface area contributed by atoms with Gasteiger partial charge in [0.15, 0.2) is 0 Å². The van der Waals surface area contributed by atoms with E-state index in [1.807, 2.05) is 48.5 Å². The predicted octanol–water partition coefficient (Wildman–Crippen LogP) is 3.02. The summed E-state index contributed by atoms with van der Waals surface area (Å²) in [7, 11) is 0. The number of rotatable bonds is 1. The maximum absolute atomic E-state index is 11.9. The number of nitrogens with two attached hydrogens (primary N) is 1. The van der Waals surface area contributed by atoms with Crippen molar-refractivity contribution in [2.75, 3.05) is 0 Å². The highest BCUT2D eigenvalue weighted by Gasteiger charge is 2.15. The normalized spacial score (nSPS) is 10.7. The Morgan fingerprint density at radius 1 is 0.889 bits per heavy atom. The Hall–Kier alpha value is -2.39. The maximum atomic E-state index is 11.9. The Morgan fingerprint density at radius 2 is 1.39 bits per heavy atom. The molecule has 0 radical (unpaired) electrons. The van der Waals surface area contributed by atoms with Crippen LogP contribution in [0.25, 0.3) is 21.5 Å². The van der Waals surface area contributed by atoms with Crippen LogP contribution in [0.3, 0.4) is 0 Å². The molecule has 0 bridgehead atoms. The SMILES string of the molecule is NOC(=O)c1c2ccccc2cc2ccccc12. The molecular formula is C15H11NO2. The molecule has 3 nitrogen and oxygen atoms in total. The number of carbonyl (C=O) groups is 1. The molecule has 0 saturated carbocycles. The Bertz CT molecular complexity index is 696. The molecule has 3 aromatic carbocycles. The van der Waals surface area contributed by atoms with Crippen molar-refractivity contribution in [1.29, 1.82) is 0 Å². The number of hydrogen-bond donors (Lipinski definition) is 1. The summed E-state index contributed by atoms with van der Waals surface area (Å²) >= 11 is 0. The summed E-state index contributed by atoms with van der Waals surface area (Å²) in [6.07, 6.45) is 0. The Labute approximate surface area is 104 Å². The van der Waals surface area contributed by atoms with Gasteiger partial charge in [0.2, 0.25) is 0 Å². The van der Waals surface area contributed by atoms with E-state index in [-0.39, 0.29) is 0 Å². The smallest absolute Gasteiger partial charge is 0.357 e. The van der Waals surface area contributed by atoms with Gasteiger partial charge >= 0.3 is 5.97 Å². The first-order chi connectivity index (χ1) is 8.81. The average Bonchev–Trinajstić information content (AvgIpc) is 2.44. The van der Waals surface area contributed by atoms with Crippen LogP contribution in [0, 0.1) is 0 Å². The van der Waals surface area contributed by atoms with Gasteiger partial charge in [-0.3, -0.25) is 0 Å². The molecule has 3 aromatic rings. The molecule has 3 heteroatoms. The van der Waals surface area contributed by atoms with Gasteiger partial charge < -0.3 is 4.84 Å². The van der Waals surface area contributed by atoms with Crippen LogP contribution in [0.1, 0.15) is 10.4 Å². The lowest BCUT2D eigenvalue weighted by molar-refractivity contribution is 0.0508. The van der Waals surface area contributed by atoms with Crippen molar-refractivity contribution in [3.8, 4) is 0 Å². The molecule has 0 saturated heterocycles. The molecule has 0 aliphatic heterocycles. The summed E-state index contributed by atoms with van der Waals surface area (Å²) in [5.74, 6) is 4.53. The summed E-state index contributed by atoms with van der Waals surface area (Å²) < 4.78 is 0. The van der Waals surface area contributed by atoms with Crippen molar-refractivity contribution in [3.05, 3.63) is 60.2 Å². The van der Waals surface area contributed by atoms with Crippen molar-refractivity contribution in [1.82, 2.24) is 0 Å². The third kappa shape index (κ3) is 1.53. The van der Waals surface area contributed by atoms with Crippen molar-refractivity contribution < 1.29 is 9.63 Å². The summed E-state index contributed by atoms with van der Waals surface area (Å²) in [5, 5.41) is 3.70. The first-order valence-electron chi connectivity index (χ1n) is 5.63. The summed E-state index contributed by atoms with van der Waals surface area (Å²) in [6.45, 7) is 0. The van der Waals surface area contributed by atoms with Crippen LogP contribution in [0.5, 0.6) is 0 Å². The van der Waals surface area contributed by atoms with Crippen LogP contribution in [-0.4, -0.2) is 5.97 Å². The molecule has 0 unspecified atom stereocenters. The highest BCUT2D eigenvalue weighted by molar-refractivity contribution is 6.16. The van der Waals surface area contributed by atoms with Crippen LogP contribution in [0.2, 0.25) is 0 Å². The topological polar surface area (TPSA) is 52.3 Å². The van der Waals surface area contributed by atoms with Gasteiger partial charge in [-0.15, -0.1) is 0 Å². The molecule has 88 valence electrons. The molecular weight excluding hydrogens is 226 g/mol. The van der Waals surface area contributed by atoms with Gasteiger partial charge in [-0.25, -0.2) is 4.79 Å². The molecule has 18 heavy (non-hydrogen) atoms. The van der Waals surface area contributed by atoms with Gasteiger partial charge in [-0.2, -0.15) is 5.90 Å². The van der Waals surface area contributed by atoms with Gasteiger partial charge in [0.25, 0.3) is 0 Å². The summed E-state index contributed by atoms with van der Waals surface area (Å²) in [4.78, 5) is 16.3. The lowest BCUT2D eigenvalue weighted by Crippen LogP contribution is -2.11. The number of benzene rings is 3. The zero-order valence-electron chi connectivity index (χ0n) is 9.59. The molecule has 0 amide bonds. The van der Waals surface area contributed by atoms with E-state index in [0.29, 0.717) is 5.56 Å². The zero-order valence-corrected chi connectivity index (χ0v) is 9.59. The molecule has 0 spiro atoms. The second kappa shape index (κ2) is 4.13. The third-order valence-electron chi connectivity index (χ3n) is 3.08. The fourth-order valence-corrected chi connectivity index (χ4v) is 2.29. The van der Waals surface area contributed by atoms with Crippen molar-refractivity contribution in [2.24, 2.45) is 5.90 Å². The number of hydrogen-bond acceptors (Lipinski definition) is 3. The van der Waals surface area contributed by atoms with E-state index in [9.17, 15) is 4.79 Å². The first-order valence-corrected chi connectivity index (χ1v) is 5.63. The van der Waals surface area contributed by atoms with Crippen LogP contribution >= 0.6 is 0 Å². The summed E-state index contributed by atoms with van der Waals surface area (Å²) in [5.41, 5.74) is 0.520. The van der Waals surface area contributed by atoms with Crippen LogP contribution < -0.4 is 5.90 Å². The highest BCUT2D eigenvalue weighted by atomic mass is 16.7. The molecule has 0 aliphatic carbocycles. The molecule has 0 fully saturated rings. The van der Waals surface area contributed by atoms with Gasteiger partial charge in [0, 0.05) is 0 Å². The van der Waals surface area contributed by atoms with Gasteiger partial charge in [-0.05, 0) is 27.6 Å². The fourth-order valence-electron chi connectivity index (χ4n) is 2.29. The quantitative estimate of drug-likeness (QED) is 0.523. The summed E-state index contributed by atoms with van der Waals surface area (Å²) in [6, 6.07) is 17.4. The van der Waals surface area contributed by atoms with E-state index in [1.165, 1.54) is 0 Å². The molecule has 0 atom stereocenters. The Balaban J connectivity index is 2.53. The van der Waals surface area contributed by atoms with E-state index < -0.39 is 5.97 Å². The van der Waals surface area contributed by atoms with Crippen LogP contribution in [0.4, 0.5) is 0 Å². The lowest BCUT2D eigenvalue weighted by atomic mass is 9.97. The van der Waals surface area contributed by atoms with E-state index >= 15 is 0 Å². The Morgan fingerprint density at radius 3 is 1.89 bits per heavy atom. The molecule has 0 aromatic heterocycles. The highest BCUT2D eigenvalue weighted by Crippen LogP contribution is 2.28. The number of fused-ring (bicyclic) bond motifs is 2. The van der Waals surface area contributed by atoms with E-state index in [1.54, 1.807) is 0 Å². The predicted molar refractivity (Wildman–Crippen MR) is 71.1 cm³/mol.